The molecule has 140 valence electrons. The Bertz CT molecular complexity index is 1060. The summed E-state index contributed by atoms with van der Waals surface area (Å²) >= 11 is 0. The molecule has 0 saturated carbocycles. The van der Waals surface area contributed by atoms with Gasteiger partial charge in [-0.3, -0.25) is 19.8 Å². The number of nitrogens with zero attached hydrogens (tertiary/aromatic N) is 2. The van der Waals surface area contributed by atoms with E-state index in [4.69, 9.17) is 0 Å². The van der Waals surface area contributed by atoms with Gasteiger partial charge in [-0.05, 0) is 36.8 Å². The lowest BCUT2D eigenvalue weighted by atomic mass is 9.74. The molecule has 0 bridgehead atoms. The van der Waals surface area contributed by atoms with Crippen LogP contribution in [0, 0.1) is 12.3 Å². The number of nitrogens with one attached hydrogen (secondary N) is 3. The molecule has 0 radical (unpaired) electrons. The predicted octanol–water partition coefficient (Wildman–Crippen LogP) is 2.64. The molecule has 0 fully saturated rings. The van der Waals surface area contributed by atoms with E-state index in [9.17, 15) is 9.59 Å². The number of H-pyrrole nitrogens is 2. The molecule has 1 aliphatic carbocycles. The second-order valence-electron chi connectivity index (χ2n) is 7.99. The summed E-state index contributed by atoms with van der Waals surface area (Å²) in [4.78, 5) is 23.8. The van der Waals surface area contributed by atoms with Gasteiger partial charge < -0.3 is 5.32 Å². The number of benzene rings is 1. The minimum atomic E-state index is -0.322. The number of amides is 1. The summed E-state index contributed by atoms with van der Waals surface area (Å²) in [6.45, 7) is 6.46. The topological polar surface area (TPSA) is 95.6 Å². The summed E-state index contributed by atoms with van der Waals surface area (Å²) in [5.74, 6) is -0.300. The molecule has 7 nitrogen and oxygen atoms in total. The van der Waals surface area contributed by atoms with Crippen LogP contribution in [0.2, 0.25) is 0 Å². The Morgan fingerprint density at radius 2 is 2.07 bits per heavy atom. The fourth-order valence-corrected chi connectivity index (χ4v) is 3.87. The number of hydrogen-bond acceptors (Lipinski definition) is 3. The molecule has 0 spiro atoms. The largest absolute Gasteiger partial charge is 0.344 e. The molecule has 0 saturated heterocycles. The Kier molecular flexibility index (Phi) is 4.02. The van der Waals surface area contributed by atoms with Crippen molar-refractivity contribution in [3.05, 3.63) is 69.4 Å². The van der Waals surface area contributed by atoms with E-state index >= 15 is 0 Å². The summed E-state index contributed by atoms with van der Waals surface area (Å²) in [6, 6.07) is 9.25. The monoisotopic (exact) mass is 365 g/mol. The highest BCUT2D eigenvalue weighted by Gasteiger charge is 2.36. The van der Waals surface area contributed by atoms with E-state index in [1.165, 1.54) is 6.07 Å². The maximum atomic E-state index is 12.5. The van der Waals surface area contributed by atoms with Gasteiger partial charge in [0.25, 0.3) is 11.5 Å². The Morgan fingerprint density at radius 3 is 2.78 bits per heavy atom. The summed E-state index contributed by atoms with van der Waals surface area (Å²) < 4.78 is 1.99. The summed E-state index contributed by atoms with van der Waals surface area (Å²) in [5, 5.41) is 12.7. The summed E-state index contributed by atoms with van der Waals surface area (Å²) in [5.41, 5.74) is 4.27. The van der Waals surface area contributed by atoms with Crippen molar-refractivity contribution in [2.75, 3.05) is 0 Å². The molecular weight excluding hydrogens is 342 g/mol. The molecule has 2 aromatic heterocycles. The highest BCUT2D eigenvalue weighted by molar-refractivity contribution is 5.92. The van der Waals surface area contributed by atoms with Gasteiger partial charge in [0.05, 0.1) is 23.6 Å². The molecule has 7 heteroatoms. The molecule has 1 aromatic carbocycles. The first-order chi connectivity index (χ1) is 12.8. The first kappa shape index (κ1) is 17.3. The van der Waals surface area contributed by atoms with Gasteiger partial charge in [0.15, 0.2) is 0 Å². The van der Waals surface area contributed by atoms with Crippen LogP contribution >= 0.6 is 0 Å². The maximum absolute atomic E-state index is 12.5. The number of rotatable bonds is 3. The average Bonchev–Trinajstić information content (AvgIpc) is 3.21. The van der Waals surface area contributed by atoms with E-state index in [1.54, 1.807) is 0 Å². The summed E-state index contributed by atoms with van der Waals surface area (Å²) in [7, 11) is 0. The molecule has 27 heavy (non-hydrogen) atoms. The van der Waals surface area contributed by atoms with Crippen LogP contribution in [0.15, 0.2) is 41.3 Å². The molecule has 1 atom stereocenters. The number of para-hydroxylation sites is 1. The molecule has 1 unspecified atom stereocenters. The molecule has 1 aliphatic rings. The number of carbonyl (C=O) groups is 1. The van der Waals surface area contributed by atoms with Gasteiger partial charge in [0.1, 0.15) is 5.69 Å². The molecular formula is C20H23N5O2. The van der Waals surface area contributed by atoms with Crippen molar-refractivity contribution in [3.63, 3.8) is 0 Å². The van der Waals surface area contributed by atoms with Crippen LogP contribution in [0.25, 0.3) is 5.69 Å². The van der Waals surface area contributed by atoms with E-state index in [1.807, 2.05) is 23.0 Å². The Morgan fingerprint density at radius 1 is 1.30 bits per heavy atom. The number of aromatic nitrogens is 4. The van der Waals surface area contributed by atoms with Crippen LogP contribution in [-0.2, 0) is 6.42 Å². The minimum absolute atomic E-state index is 0.0109. The van der Waals surface area contributed by atoms with Gasteiger partial charge in [-0.1, -0.05) is 32.0 Å². The molecule has 2 heterocycles. The van der Waals surface area contributed by atoms with Gasteiger partial charge in [0, 0.05) is 11.6 Å². The van der Waals surface area contributed by atoms with Crippen LogP contribution in [0.3, 0.4) is 0 Å². The van der Waals surface area contributed by atoms with Crippen molar-refractivity contribution in [3.8, 4) is 5.69 Å². The lowest BCUT2D eigenvalue weighted by Gasteiger charge is -2.36. The SMILES string of the molecule is Cc1ccccc1-n1ncc2c1CC(C)(C)CC2NC(=O)c1cc(=O)[nH][nH]1. The normalized spacial score (nSPS) is 18.1. The van der Waals surface area contributed by atoms with Crippen molar-refractivity contribution in [1.29, 1.82) is 0 Å². The van der Waals surface area contributed by atoms with Gasteiger partial charge in [-0.15, -0.1) is 0 Å². The van der Waals surface area contributed by atoms with Gasteiger partial charge in [-0.2, -0.15) is 5.10 Å². The van der Waals surface area contributed by atoms with E-state index in [-0.39, 0.29) is 28.6 Å². The van der Waals surface area contributed by atoms with Crippen LogP contribution < -0.4 is 10.9 Å². The Balaban J connectivity index is 1.71. The van der Waals surface area contributed by atoms with Crippen molar-refractivity contribution >= 4 is 5.91 Å². The van der Waals surface area contributed by atoms with Crippen molar-refractivity contribution in [1.82, 2.24) is 25.3 Å². The third-order valence-corrected chi connectivity index (χ3v) is 5.17. The molecule has 3 aromatic rings. The van der Waals surface area contributed by atoms with Crippen LogP contribution in [-0.4, -0.2) is 25.9 Å². The zero-order chi connectivity index (χ0) is 19.2. The van der Waals surface area contributed by atoms with E-state index in [0.29, 0.717) is 0 Å². The third kappa shape index (κ3) is 3.20. The highest BCUT2D eigenvalue weighted by Crippen LogP contribution is 2.41. The average molecular weight is 365 g/mol. The number of hydrogen-bond donors (Lipinski definition) is 3. The number of carbonyl (C=O) groups excluding carboxylic acids is 1. The first-order valence-corrected chi connectivity index (χ1v) is 9.05. The minimum Gasteiger partial charge on any atom is -0.344 e. The molecule has 4 rings (SSSR count). The lowest BCUT2D eigenvalue weighted by molar-refractivity contribution is 0.0914. The number of fused-ring (bicyclic) bond motifs is 1. The smallest absolute Gasteiger partial charge is 0.269 e. The van der Waals surface area contributed by atoms with Gasteiger partial charge in [-0.25, -0.2) is 4.68 Å². The fraction of sp³-hybridized carbons (Fsp3) is 0.350. The standard InChI is InChI=1S/C20H23N5O2/c1-12-6-4-5-7-16(12)25-17-10-20(2,3)9-15(13(17)11-21-25)22-19(27)14-8-18(26)24-23-14/h4-8,11,15H,9-10H2,1-3H3,(H,22,27)(H2,23,24,26). The zero-order valence-electron chi connectivity index (χ0n) is 15.7. The van der Waals surface area contributed by atoms with Crippen LogP contribution in [0.1, 0.15) is 53.6 Å². The second-order valence-corrected chi connectivity index (χ2v) is 7.99. The number of aromatic amines is 2. The highest BCUT2D eigenvalue weighted by atomic mass is 16.2. The van der Waals surface area contributed by atoms with E-state index in [2.05, 4.69) is 53.5 Å². The quantitative estimate of drug-likeness (QED) is 0.666. The third-order valence-electron chi connectivity index (χ3n) is 5.17. The lowest BCUT2D eigenvalue weighted by Crippen LogP contribution is -2.37. The van der Waals surface area contributed by atoms with E-state index < -0.39 is 0 Å². The Hall–Kier alpha value is -3.09. The second kappa shape index (κ2) is 6.26. The van der Waals surface area contributed by atoms with Crippen molar-refractivity contribution < 1.29 is 4.79 Å². The van der Waals surface area contributed by atoms with Gasteiger partial charge in [0.2, 0.25) is 0 Å². The maximum Gasteiger partial charge on any atom is 0.269 e. The molecule has 3 N–H and O–H groups in total. The van der Waals surface area contributed by atoms with Gasteiger partial charge >= 0.3 is 0 Å². The van der Waals surface area contributed by atoms with Crippen molar-refractivity contribution in [2.24, 2.45) is 5.41 Å². The fourth-order valence-electron chi connectivity index (χ4n) is 3.87. The first-order valence-electron chi connectivity index (χ1n) is 9.05. The van der Waals surface area contributed by atoms with E-state index in [0.717, 1.165) is 35.3 Å². The number of aryl methyl sites for hydroxylation is 1. The predicted molar refractivity (Wildman–Crippen MR) is 102 cm³/mol. The van der Waals surface area contributed by atoms with Crippen molar-refractivity contribution in [2.45, 2.75) is 39.7 Å². The molecule has 0 aliphatic heterocycles. The van der Waals surface area contributed by atoms with Crippen LogP contribution in [0.4, 0.5) is 0 Å². The Labute approximate surface area is 156 Å². The van der Waals surface area contributed by atoms with Crippen LogP contribution in [0.5, 0.6) is 0 Å². The zero-order valence-corrected chi connectivity index (χ0v) is 15.7. The molecule has 1 amide bonds. The summed E-state index contributed by atoms with van der Waals surface area (Å²) in [6.07, 6.45) is 3.53.